The Bertz CT molecular complexity index is 1010. The van der Waals surface area contributed by atoms with Gasteiger partial charge in [0.1, 0.15) is 5.69 Å². The Labute approximate surface area is 180 Å². The van der Waals surface area contributed by atoms with Crippen LogP contribution in [0.15, 0.2) is 67.3 Å². The van der Waals surface area contributed by atoms with Crippen LogP contribution >= 0.6 is 0 Å². The van der Waals surface area contributed by atoms with E-state index < -0.39 is 4.92 Å². The average molecular weight is 417 g/mol. The van der Waals surface area contributed by atoms with Gasteiger partial charge in [-0.2, -0.15) is 0 Å². The van der Waals surface area contributed by atoms with Gasteiger partial charge in [-0.05, 0) is 54.3 Å². The van der Waals surface area contributed by atoms with Gasteiger partial charge in [0.05, 0.1) is 4.92 Å². The van der Waals surface area contributed by atoms with E-state index in [0.717, 1.165) is 37.1 Å². The van der Waals surface area contributed by atoms with Gasteiger partial charge in [-0.3, -0.25) is 24.9 Å². The first kappa shape index (κ1) is 20.5. The van der Waals surface area contributed by atoms with E-state index in [4.69, 9.17) is 0 Å². The number of aromatic nitrogens is 2. The Kier molecular flexibility index (Phi) is 6.16. The number of nitro benzene ring substituents is 1. The number of nitrogens with zero attached hydrogens (tertiary/aromatic N) is 5. The number of hydrogen-bond donors (Lipinski definition) is 0. The molecule has 1 fully saturated rings. The standard InChI is InChI=1S/C23H23N5O3/c29-23(20-5-6-21(22(14-20)28(30)31)26-12-1-2-13-26)27(16-18-7-10-24-11-8-18)17-19-4-3-9-25-15-19/h3-11,14-15H,1-2,12-13,16-17H2. The first-order valence-corrected chi connectivity index (χ1v) is 10.2. The fourth-order valence-electron chi connectivity index (χ4n) is 3.83. The molecule has 1 amide bonds. The molecule has 31 heavy (non-hydrogen) atoms. The van der Waals surface area contributed by atoms with Gasteiger partial charge in [-0.25, -0.2) is 0 Å². The maximum atomic E-state index is 13.4. The zero-order valence-corrected chi connectivity index (χ0v) is 17.1. The Morgan fingerprint density at radius 2 is 1.74 bits per heavy atom. The van der Waals surface area contributed by atoms with Crippen LogP contribution in [0.2, 0.25) is 0 Å². The summed E-state index contributed by atoms with van der Waals surface area (Å²) in [6, 6.07) is 12.2. The van der Waals surface area contributed by atoms with Crippen LogP contribution in [-0.4, -0.2) is 38.8 Å². The molecule has 0 radical (unpaired) electrons. The van der Waals surface area contributed by atoms with E-state index in [1.807, 2.05) is 29.2 Å². The Balaban J connectivity index is 1.65. The van der Waals surface area contributed by atoms with Crippen molar-refractivity contribution in [3.05, 3.63) is 94.1 Å². The molecule has 1 aliphatic rings. The number of hydrogen-bond acceptors (Lipinski definition) is 6. The number of anilines is 1. The molecule has 0 saturated carbocycles. The van der Waals surface area contributed by atoms with Crippen molar-refractivity contribution in [2.24, 2.45) is 0 Å². The highest BCUT2D eigenvalue weighted by Gasteiger charge is 2.25. The molecule has 0 spiro atoms. The second-order valence-corrected chi connectivity index (χ2v) is 7.53. The highest BCUT2D eigenvalue weighted by atomic mass is 16.6. The van der Waals surface area contributed by atoms with Crippen molar-refractivity contribution in [1.82, 2.24) is 14.9 Å². The molecule has 0 aliphatic carbocycles. The molecule has 0 bridgehead atoms. The Morgan fingerprint density at radius 3 is 2.42 bits per heavy atom. The molecule has 0 atom stereocenters. The molecule has 3 aromatic rings. The minimum absolute atomic E-state index is 0.0296. The molecule has 4 rings (SSSR count). The van der Waals surface area contributed by atoms with Crippen molar-refractivity contribution < 1.29 is 9.72 Å². The molecule has 1 saturated heterocycles. The van der Waals surface area contributed by atoms with E-state index in [2.05, 4.69) is 9.97 Å². The quantitative estimate of drug-likeness (QED) is 0.429. The molecular formula is C23H23N5O3. The highest BCUT2D eigenvalue weighted by Crippen LogP contribution is 2.32. The second kappa shape index (κ2) is 9.34. The van der Waals surface area contributed by atoms with Crippen molar-refractivity contribution in [2.45, 2.75) is 25.9 Å². The van der Waals surface area contributed by atoms with Crippen molar-refractivity contribution in [3.8, 4) is 0 Å². The van der Waals surface area contributed by atoms with E-state index in [1.165, 1.54) is 6.07 Å². The summed E-state index contributed by atoms with van der Waals surface area (Å²) in [5, 5.41) is 11.7. The van der Waals surface area contributed by atoms with E-state index in [9.17, 15) is 14.9 Å². The molecule has 1 aliphatic heterocycles. The van der Waals surface area contributed by atoms with Crippen LogP contribution in [0.1, 0.15) is 34.3 Å². The number of rotatable bonds is 7. The third-order valence-electron chi connectivity index (χ3n) is 5.37. The zero-order chi connectivity index (χ0) is 21.6. The summed E-state index contributed by atoms with van der Waals surface area (Å²) in [7, 11) is 0. The third kappa shape index (κ3) is 4.85. The van der Waals surface area contributed by atoms with Crippen molar-refractivity contribution in [3.63, 3.8) is 0 Å². The summed E-state index contributed by atoms with van der Waals surface area (Å²) in [5.41, 5.74) is 2.65. The van der Waals surface area contributed by atoms with Crippen LogP contribution in [0.3, 0.4) is 0 Å². The summed E-state index contributed by atoms with van der Waals surface area (Å²) in [5.74, 6) is -0.267. The number of pyridine rings is 2. The van der Waals surface area contributed by atoms with Gasteiger partial charge in [-0.15, -0.1) is 0 Å². The summed E-state index contributed by atoms with van der Waals surface area (Å²) in [6.07, 6.45) is 8.78. The molecule has 2 aromatic heterocycles. The van der Waals surface area contributed by atoms with Gasteiger partial charge in [0.15, 0.2) is 0 Å². The molecular weight excluding hydrogens is 394 g/mol. The summed E-state index contributed by atoms with van der Waals surface area (Å²) in [4.78, 5) is 36.6. The van der Waals surface area contributed by atoms with Crippen LogP contribution in [0.25, 0.3) is 0 Å². The van der Waals surface area contributed by atoms with E-state index in [1.54, 1.807) is 41.8 Å². The fraction of sp³-hybridized carbons (Fsp3) is 0.261. The minimum Gasteiger partial charge on any atom is -0.366 e. The number of carbonyl (C=O) groups is 1. The van der Waals surface area contributed by atoms with Gasteiger partial charge in [0.2, 0.25) is 0 Å². The van der Waals surface area contributed by atoms with Crippen LogP contribution in [0.5, 0.6) is 0 Å². The lowest BCUT2D eigenvalue weighted by Crippen LogP contribution is -2.30. The number of nitro groups is 1. The van der Waals surface area contributed by atoms with Crippen LogP contribution in [0.4, 0.5) is 11.4 Å². The molecule has 8 nitrogen and oxygen atoms in total. The van der Waals surface area contributed by atoms with Crippen molar-refractivity contribution in [1.29, 1.82) is 0 Å². The molecule has 1 aromatic carbocycles. The zero-order valence-electron chi connectivity index (χ0n) is 17.1. The Hall–Kier alpha value is -3.81. The molecule has 0 N–H and O–H groups in total. The van der Waals surface area contributed by atoms with Crippen molar-refractivity contribution >= 4 is 17.3 Å². The Morgan fingerprint density at radius 1 is 1.00 bits per heavy atom. The van der Waals surface area contributed by atoms with Crippen LogP contribution in [0, 0.1) is 10.1 Å². The largest absolute Gasteiger partial charge is 0.366 e. The van der Waals surface area contributed by atoms with E-state index in [0.29, 0.717) is 24.3 Å². The van der Waals surface area contributed by atoms with Gasteiger partial charge >= 0.3 is 0 Å². The second-order valence-electron chi connectivity index (χ2n) is 7.53. The first-order valence-electron chi connectivity index (χ1n) is 10.2. The normalized spacial score (nSPS) is 13.2. The van der Waals surface area contributed by atoms with Crippen molar-refractivity contribution in [2.75, 3.05) is 18.0 Å². The SMILES string of the molecule is O=C(c1ccc(N2CCCC2)c([N+](=O)[O-])c1)N(Cc1ccncc1)Cc1cccnc1. The molecule has 0 unspecified atom stereocenters. The molecule has 8 heteroatoms. The maximum absolute atomic E-state index is 13.4. The minimum atomic E-state index is -0.404. The highest BCUT2D eigenvalue weighted by molar-refractivity contribution is 5.95. The average Bonchev–Trinajstić information content (AvgIpc) is 3.34. The van der Waals surface area contributed by atoms with Gasteiger partial charge in [0.25, 0.3) is 11.6 Å². The fourth-order valence-corrected chi connectivity index (χ4v) is 3.83. The smallest absolute Gasteiger partial charge is 0.293 e. The summed E-state index contributed by atoms with van der Waals surface area (Å²) >= 11 is 0. The lowest BCUT2D eigenvalue weighted by molar-refractivity contribution is -0.384. The number of benzene rings is 1. The van der Waals surface area contributed by atoms with Crippen LogP contribution in [-0.2, 0) is 13.1 Å². The topological polar surface area (TPSA) is 92.5 Å². The lowest BCUT2D eigenvalue weighted by Gasteiger charge is -2.24. The molecule has 158 valence electrons. The van der Waals surface area contributed by atoms with Gasteiger partial charge in [0, 0.05) is 62.6 Å². The van der Waals surface area contributed by atoms with Gasteiger partial charge in [-0.1, -0.05) is 6.07 Å². The van der Waals surface area contributed by atoms with Crippen LogP contribution < -0.4 is 4.90 Å². The van der Waals surface area contributed by atoms with E-state index >= 15 is 0 Å². The third-order valence-corrected chi connectivity index (χ3v) is 5.37. The number of amides is 1. The predicted molar refractivity (Wildman–Crippen MR) is 117 cm³/mol. The lowest BCUT2D eigenvalue weighted by atomic mass is 10.1. The predicted octanol–water partition coefficient (Wildman–Crippen LogP) is 3.83. The number of carbonyl (C=O) groups excluding carboxylic acids is 1. The maximum Gasteiger partial charge on any atom is 0.293 e. The molecule has 3 heterocycles. The first-order chi connectivity index (χ1) is 15.1. The summed E-state index contributed by atoms with van der Waals surface area (Å²) < 4.78 is 0. The van der Waals surface area contributed by atoms with E-state index in [-0.39, 0.29) is 11.6 Å². The summed E-state index contributed by atoms with van der Waals surface area (Å²) in [6.45, 7) is 2.29. The monoisotopic (exact) mass is 417 g/mol. The van der Waals surface area contributed by atoms with Gasteiger partial charge < -0.3 is 9.80 Å².